The van der Waals surface area contributed by atoms with Crippen molar-refractivity contribution in [2.24, 2.45) is 5.92 Å². The highest BCUT2D eigenvalue weighted by Crippen LogP contribution is 2.27. The summed E-state index contributed by atoms with van der Waals surface area (Å²) in [5, 5.41) is 0.963. The summed E-state index contributed by atoms with van der Waals surface area (Å²) < 4.78 is 10.7. The van der Waals surface area contributed by atoms with Gasteiger partial charge in [0.15, 0.2) is 11.7 Å². The van der Waals surface area contributed by atoms with Crippen molar-refractivity contribution in [1.29, 1.82) is 0 Å². The molecule has 0 spiro atoms. The molecule has 2 aromatic rings. The molecule has 5 nitrogen and oxygen atoms in total. The Hall–Kier alpha value is -2.21. The molecule has 0 aliphatic rings. The normalized spacial score (nSPS) is 10.7. The molecule has 0 aliphatic carbocycles. The van der Waals surface area contributed by atoms with Gasteiger partial charge in [-0.05, 0) is 31.4 Å². The number of esters is 2. The monoisotopic (exact) mass is 334 g/mol. The van der Waals surface area contributed by atoms with Crippen molar-refractivity contribution in [3.63, 3.8) is 0 Å². The van der Waals surface area contributed by atoms with Crippen LogP contribution in [0.1, 0.15) is 29.9 Å². The maximum Gasteiger partial charge on any atom is 0.320 e. The van der Waals surface area contributed by atoms with E-state index in [0.29, 0.717) is 4.88 Å². The van der Waals surface area contributed by atoms with E-state index in [2.05, 4.69) is 0 Å². The number of thiophene rings is 1. The van der Waals surface area contributed by atoms with Crippen molar-refractivity contribution in [2.45, 2.75) is 20.3 Å². The van der Waals surface area contributed by atoms with Crippen molar-refractivity contribution in [3.8, 4) is 0 Å². The molecule has 23 heavy (non-hydrogen) atoms. The average molecular weight is 334 g/mol. The number of benzene rings is 1. The Morgan fingerprint density at radius 1 is 1.04 bits per heavy atom. The van der Waals surface area contributed by atoms with Crippen LogP contribution in [0, 0.1) is 5.92 Å². The largest absolute Gasteiger partial charge is 0.465 e. The van der Waals surface area contributed by atoms with Crippen LogP contribution in [0.15, 0.2) is 30.3 Å². The fraction of sp³-hybridized carbons (Fsp3) is 0.353. The lowest BCUT2D eigenvalue weighted by atomic mass is 10.0. The standard InChI is InChI=1S/C17H18O5S/c1-3-21-16(19)12(17(20)22-4-2)10-13(18)15-9-11-7-5-6-8-14(11)23-15/h5-9,12H,3-4,10H2,1-2H3. The van der Waals surface area contributed by atoms with Crippen molar-refractivity contribution < 1.29 is 23.9 Å². The third kappa shape index (κ3) is 4.16. The Kier molecular flexibility index (Phi) is 5.87. The highest BCUT2D eigenvalue weighted by Gasteiger charge is 2.32. The number of fused-ring (bicyclic) bond motifs is 1. The molecule has 1 heterocycles. The van der Waals surface area contributed by atoms with Gasteiger partial charge in [0.25, 0.3) is 0 Å². The van der Waals surface area contributed by atoms with Crippen LogP contribution in [-0.2, 0) is 19.1 Å². The Bertz CT molecular complexity index is 668. The summed E-state index contributed by atoms with van der Waals surface area (Å²) in [5.41, 5.74) is 0. The van der Waals surface area contributed by atoms with E-state index in [0.717, 1.165) is 10.1 Å². The Morgan fingerprint density at radius 3 is 2.22 bits per heavy atom. The number of rotatable bonds is 7. The molecule has 0 aliphatic heterocycles. The fourth-order valence-electron chi connectivity index (χ4n) is 2.15. The van der Waals surface area contributed by atoms with Crippen LogP contribution < -0.4 is 0 Å². The van der Waals surface area contributed by atoms with Gasteiger partial charge in [-0.25, -0.2) is 0 Å². The summed E-state index contributed by atoms with van der Waals surface area (Å²) in [6.07, 6.45) is -0.246. The van der Waals surface area contributed by atoms with E-state index >= 15 is 0 Å². The van der Waals surface area contributed by atoms with Gasteiger partial charge in [-0.2, -0.15) is 0 Å². The van der Waals surface area contributed by atoms with Crippen LogP contribution in [-0.4, -0.2) is 30.9 Å². The van der Waals surface area contributed by atoms with Gasteiger partial charge in [0.2, 0.25) is 0 Å². The van der Waals surface area contributed by atoms with E-state index in [4.69, 9.17) is 9.47 Å². The molecular formula is C17H18O5S. The number of hydrogen-bond acceptors (Lipinski definition) is 6. The highest BCUT2D eigenvalue weighted by atomic mass is 32.1. The lowest BCUT2D eigenvalue weighted by Gasteiger charge is -2.13. The number of ketones is 1. The second kappa shape index (κ2) is 7.87. The molecule has 0 saturated carbocycles. The molecular weight excluding hydrogens is 316 g/mol. The number of hydrogen-bond donors (Lipinski definition) is 0. The van der Waals surface area contributed by atoms with Gasteiger partial charge >= 0.3 is 11.9 Å². The minimum absolute atomic E-state index is 0.145. The van der Waals surface area contributed by atoms with E-state index in [-0.39, 0.29) is 25.4 Å². The van der Waals surface area contributed by atoms with Gasteiger partial charge < -0.3 is 9.47 Å². The Morgan fingerprint density at radius 2 is 1.65 bits per heavy atom. The summed E-state index contributed by atoms with van der Waals surface area (Å²) >= 11 is 1.34. The van der Waals surface area contributed by atoms with E-state index in [1.807, 2.05) is 24.3 Å². The highest BCUT2D eigenvalue weighted by molar-refractivity contribution is 7.20. The quantitative estimate of drug-likeness (QED) is 0.442. The van der Waals surface area contributed by atoms with Gasteiger partial charge in [0.05, 0.1) is 18.1 Å². The van der Waals surface area contributed by atoms with E-state index in [1.54, 1.807) is 19.9 Å². The first-order chi connectivity index (χ1) is 11.1. The average Bonchev–Trinajstić information content (AvgIpc) is 2.96. The third-order valence-electron chi connectivity index (χ3n) is 3.23. The van der Waals surface area contributed by atoms with Crippen LogP contribution >= 0.6 is 11.3 Å². The fourth-order valence-corrected chi connectivity index (χ4v) is 3.17. The van der Waals surface area contributed by atoms with Crippen LogP contribution in [0.3, 0.4) is 0 Å². The second-order valence-electron chi connectivity index (χ2n) is 4.83. The minimum atomic E-state index is -1.22. The summed E-state index contributed by atoms with van der Waals surface area (Å²) in [7, 11) is 0. The lowest BCUT2D eigenvalue weighted by Crippen LogP contribution is -2.30. The van der Waals surface area contributed by atoms with Crippen molar-refractivity contribution in [1.82, 2.24) is 0 Å². The van der Waals surface area contributed by atoms with Crippen LogP contribution in [0.2, 0.25) is 0 Å². The second-order valence-corrected chi connectivity index (χ2v) is 5.92. The first kappa shape index (κ1) is 17.1. The predicted molar refractivity (Wildman–Crippen MR) is 87.5 cm³/mol. The molecule has 0 atom stereocenters. The topological polar surface area (TPSA) is 69.7 Å². The van der Waals surface area contributed by atoms with Crippen LogP contribution in [0.4, 0.5) is 0 Å². The lowest BCUT2D eigenvalue weighted by molar-refractivity contribution is -0.161. The minimum Gasteiger partial charge on any atom is -0.465 e. The van der Waals surface area contributed by atoms with Crippen LogP contribution in [0.25, 0.3) is 10.1 Å². The zero-order valence-electron chi connectivity index (χ0n) is 13.0. The van der Waals surface area contributed by atoms with Gasteiger partial charge in [-0.1, -0.05) is 18.2 Å². The molecule has 1 aromatic carbocycles. The van der Waals surface area contributed by atoms with Gasteiger partial charge in [0, 0.05) is 11.1 Å². The van der Waals surface area contributed by atoms with Crippen molar-refractivity contribution in [3.05, 3.63) is 35.2 Å². The predicted octanol–water partition coefficient (Wildman–Crippen LogP) is 3.22. The number of ether oxygens (including phenoxy) is 2. The summed E-state index contributed by atoms with van der Waals surface area (Å²) in [5.74, 6) is -2.93. The van der Waals surface area contributed by atoms with Gasteiger partial charge in [0.1, 0.15) is 0 Å². The molecule has 0 radical (unpaired) electrons. The number of carbonyl (C=O) groups excluding carboxylic acids is 3. The summed E-state index contributed by atoms with van der Waals surface area (Å²) in [6.45, 7) is 3.58. The number of Topliss-reactive ketones (excluding diaryl/α,β-unsaturated/α-hetero) is 1. The smallest absolute Gasteiger partial charge is 0.320 e. The van der Waals surface area contributed by atoms with Crippen molar-refractivity contribution >= 4 is 39.1 Å². The molecule has 0 N–H and O–H groups in total. The molecule has 122 valence electrons. The number of carbonyl (C=O) groups is 3. The molecule has 0 bridgehead atoms. The van der Waals surface area contributed by atoms with Crippen molar-refractivity contribution in [2.75, 3.05) is 13.2 Å². The van der Waals surface area contributed by atoms with E-state index in [1.165, 1.54) is 11.3 Å². The maximum absolute atomic E-state index is 12.4. The zero-order chi connectivity index (χ0) is 16.8. The molecule has 0 amide bonds. The molecule has 1 aromatic heterocycles. The van der Waals surface area contributed by atoms with E-state index in [9.17, 15) is 14.4 Å². The summed E-state index contributed by atoms with van der Waals surface area (Å²) in [4.78, 5) is 36.8. The SMILES string of the molecule is CCOC(=O)C(CC(=O)c1cc2ccccc2s1)C(=O)OCC. The summed E-state index contributed by atoms with van der Waals surface area (Å²) in [6, 6.07) is 9.40. The molecule has 2 rings (SSSR count). The third-order valence-corrected chi connectivity index (χ3v) is 4.39. The molecule has 0 saturated heterocycles. The Labute approximate surface area is 138 Å². The van der Waals surface area contributed by atoms with Crippen LogP contribution in [0.5, 0.6) is 0 Å². The molecule has 0 fully saturated rings. The zero-order valence-corrected chi connectivity index (χ0v) is 13.9. The van der Waals surface area contributed by atoms with Gasteiger partial charge in [-0.15, -0.1) is 11.3 Å². The first-order valence-electron chi connectivity index (χ1n) is 7.41. The first-order valence-corrected chi connectivity index (χ1v) is 8.23. The van der Waals surface area contributed by atoms with E-state index < -0.39 is 17.9 Å². The molecule has 6 heteroatoms. The molecule has 0 unspecified atom stereocenters. The Balaban J connectivity index is 2.18. The maximum atomic E-state index is 12.4. The van der Waals surface area contributed by atoms with Gasteiger partial charge in [-0.3, -0.25) is 14.4 Å².